The standard InChI is InChI=1S/C12H15F3O4/c1-3-7-5-6-8(16)9(10(17)19-4-2)11(7,18)12(13,14)15/h5,16,18H,3-4,6H2,1-2H3. The van der Waals surface area contributed by atoms with E-state index >= 15 is 0 Å². The highest BCUT2D eigenvalue weighted by molar-refractivity contribution is 5.93. The minimum absolute atomic E-state index is 0.105. The molecule has 1 aliphatic rings. The Kier molecular flexibility index (Phi) is 4.29. The molecule has 108 valence electrons. The predicted octanol–water partition coefficient (Wildman–Crippen LogP) is 2.40. The molecule has 1 aliphatic carbocycles. The van der Waals surface area contributed by atoms with Gasteiger partial charge in [-0.05, 0) is 18.9 Å². The third-order valence-electron chi connectivity index (χ3n) is 2.93. The molecule has 4 nitrogen and oxygen atoms in total. The number of esters is 1. The first-order valence-corrected chi connectivity index (χ1v) is 5.78. The summed E-state index contributed by atoms with van der Waals surface area (Å²) in [5.74, 6) is -2.19. The third kappa shape index (κ3) is 2.47. The van der Waals surface area contributed by atoms with E-state index in [0.717, 1.165) is 6.08 Å². The van der Waals surface area contributed by atoms with E-state index in [1.54, 1.807) is 0 Å². The zero-order valence-electron chi connectivity index (χ0n) is 10.5. The van der Waals surface area contributed by atoms with Gasteiger partial charge in [-0.15, -0.1) is 0 Å². The molecule has 0 aromatic heterocycles. The van der Waals surface area contributed by atoms with Gasteiger partial charge >= 0.3 is 12.1 Å². The summed E-state index contributed by atoms with van der Waals surface area (Å²) < 4.78 is 43.9. The topological polar surface area (TPSA) is 66.8 Å². The van der Waals surface area contributed by atoms with Gasteiger partial charge in [0, 0.05) is 6.42 Å². The van der Waals surface area contributed by atoms with Gasteiger partial charge in [0.15, 0.2) is 0 Å². The first-order valence-electron chi connectivity index (χ1n) is 5.78. The monoisotopic (exact) mass is 280 g/mol. The molecule has 0 spiro atoms. The van der Waals surface area contributed by atoms with Crippen LogP contribution in [0.15, 0.2) is 23.0 Å². The minimum atomic E-state index is -5.12. The highest BCUT2D eigenvalue weighted by Crippen LogP contribution is 2.46. The van der Waals surface area contributed by atoms with Gasteiger partial charge in [0.1, 0.15) is 11.3 Å². The van der Waals surface area contributed by atoms with Gasteiger partial charge in [-0.25, -0.2) is 4.79 Å². The van der Waals surface area contributed by atoms with E-state index in [-0.39, 0.29) is 25.0 Å². The lowest BCUT2D eigenvalue weighted by atomic mass is 9.78. The van der Waals surface area contributed by atoms with E-state index in [2.05, 4.69) is 4.74 Å². The largest absolute Gasteiger partial charge is 0.511 e. The summed E-state index contributed by atoms with van der Waals surface area (Å²) in [6.45, 7) is 2.68. The summed E-state index contributed by atoms with van der Waals surface area (Å²) in [4.78, 5) is 11.6. The normalized spacial score (nSPS) is 24.2. The summed E-state index contributed by atoms with van der Waals surface area (Å²) >= 11 is 0. The van der Waals surface area contributed by atoms with E-state index in [1.807, 2.05) is 0 Å². The van der Waals surface area contributed by atoms with Crippen molar-refractivity contribution in [3.05, 3.63) is 23.0 Å². The number of aliphatic hydroxyl groups is 2. The van der Waals surface area contributed by atoms with Crippen molar-refractivity contribution in [3.8, 4) is 0 Å². The molecule has 0 aliphatic heterocycles. The van der Waals surface area contributed by atoms with Gasteiger partial charge in [0.05, 0.1) is 6.61 Å². The Morgan fingerprint density at radius 1 is 1.47 bits per heavy atom. The average molecular weight is 280 g/mol. The molecule has 19 heavy (non-hydrogen) atoms. The van der Waals surface area contributed by atoms with Gasteiger partial charge in [0.2, 0.25) is 5.60 Å². The molecule has 0 amide bonds. The Morgan fingerprint density at radius 2 is 2.05 bits per heavy atom. The van der Waals surface area contributed by atoms with E-state index < -0.39 is 29.1 Å². The second-order valence-electron chi connectivity index (χ2n) is 4.04. The van der Waals surface area contributed by atoms with E-state index in [4.69, 9.17) is 0 Å². The lowest BCUT2D eigenvalue weighted by Crippen LogP contribution is -2.52. The fourth-order valence-corrected chi connectivity index (χ4v) is 2.03. The molecular weight excluding hydrogens is 265 g/mol. The summed E-state index contributed by atoms with van der Waals surface area (Å²) in [6.07, 6.45) is -4.39. The molecule has 0 bridgehead atoms. The van der Waals surface area contributed by atoms with Crippen molar-refractivity contribution in [2.45, 2.75) is 38.5 Å². The molecule has 1 unspecified atom stereocenters. The van der Waals surface area contributed by atoms with Crippen molar-refractivity contribution in [2.75, 3.05) is 6.61 Å². The van der Waals surface area contributed by atoms with Crippen molar-refractivity contribution in [1.82, 2.24) is 0 Å². The molecule has 0 aromatic carbocycles. The third-order valence-corrected chi connectivity index (χ3v) is 2.93. The van der Waals surface area contributed by atoms with Gasteiger partial charge in [0.25, 0.3) is 0 Å². The average Bonchev–Trinajstić information content (AvgIpc) is 2.28. The number of carbonyl (C=O) groups is 1. The van der Waals surface area contributed by atoms with Crippen molar-refractivity contribution in [2.24, 2.45) is 0 Å². The Labute approximate surface area is 108 Å². The molecule has 0 radical (unpaired) electrons. The van der Waals surface area contributed by atoms with Gasteiger partial charge < -0.3 is 14.9 Å². The van der Waals surface area contributed by atoms with Crippen LogP contribution < -0.4 is 0 Å². The number of halogens is 3. The maximum atomic E-state index is 13.1. The fraction of sp³-hybridized carbons (Fsp3) is 0.583. The zero-order chi connectivity index (χ0) is 14.8. The summed E-state index contributed by atoms with van der Waals surface area (Å²) in [5, 5.41) is 19.5. The molecule has 0 saturated heterocycles. The second-order valence-corrected chi connectivity index (χ2v) is 4.04. The van der Waals surface area contributed by atoms with Crippen LogP contribution in [0.5, 0.6) is 0 Å². The molecule has 1 rings (SSSR count). The van der Waals surface area contributed by atoms with Crippen LogP contribution in [-0.2, 0) is 9.53 Å². The highest BCUT2D eigenvalue weighted by atomic mass is 19.4. The maximum absolute atomic E-state index is 13.1. The smallest absolute Gasteiger partial charge is 0.425 e. The first-order chi connectivity index (χ1) is 8.70. The maximum Gasteiger partial charge on any atom is 0.425 e. The summed E-state index contributed by atoms with van der Waals surface area (Å²) in [7, 11) is 0. The van der Waals surface area contributed by atoms with Gasteiger partial charge in [-0.2, -0.15) is 13.2 Å². The lowest BCUT2D eigenvalue weighted by Gasteiger charge is -2.36. The Bertz CT molecular complexity index is 437. The fourth-order valence-electron chi connectivity index (χ4n) is 2.03. The number of hydrogen-bond acceptors (Lipinski definition) is 4. The number of carbonyl (C=O) groups excluding carboxylic acids is 1. The van der Waals surface area contributed by atoms with Crippen LogP contribution in [0.2, 0.25) is 0 Å². The van der Waals surface area contributed by atoms with E-state index in [0.29, 0.717) is 0 Å². The van der Waals surface area contributed by atoms with Gasteiger partial charge in [-0.3, -0.25) is 0 Å². The number of allylic oxidation sites excluding steroid dienone is 1. The van der Waals surface area contributed by atoms with Crippen molar-refractivity contribution in [1.29, 1.82) is 0 Å². The SMILES string of the molecule is CCOC(=O)C1=C(O)CC=C(CC)C1(O)C(F)(F)F. The van der Waals surface area contributed by atoms with Crippen LogP contribution in [-0.4, -0.2) is 34.6 Å². The molecular formula is C12H15F3O4. The molecule has 1 atom stereocenters. The van der Waals surface area contributed by atoms with Crippen molar-refractivity contribution in [3.63, 3.8) is 0 Å². The quantitative estimate of drug-likeness (QED) is 0.615. The van der Waals surface area contributed by atoms with Crippen LogP contribution in [0.4, 0.5) is 13.2 Å². The molecule has 2 N–H and O–H groups in total. The summed E-state index contributed by atoms with van der Waals surface area (Å²) in [5.41, 5.74) is -5.00. The Balaban J connectivity index is 3.41. The van der Waals surface area contributed by atoms with Crippen molar-refractivity contribution < 1.29 is 32.9 Å². The van der Waals surface area contributed by atoms with E-state index in [1.165, 1.54) is 13.8 Å². The first kappa shape index (κ1) is 15.6. The number of rotatable bonds is 3. The van der Waals surface area contributed by atoms with Crippen LogP contribution in [0.3, 0.4) is 0 Å². The van der Waals surface area contributed by atoms with Crippen LogP contribution >= 0.6 is 0 Å². The highest BCUT2D eigenvalue weighted by Gasteiger charge is 2.62. The zero-order valence-corrected chi connectivity index (χ0v) is 10.5. The molecule has 7 heteroatoms. The second kappa shape index (κ2) is 5.24. The lowest BCUT2D eigenvalue weighted by molar-refractivity contribution is -0.233. The minimum Gasteiger partial charge on any atom is -0.511 e. The Hall–Kier alpha value is -1.50. The predicted molar refractivity (Wildman–Crippen MR) is 60.3 cm³/mol. The molecule has 0 saturated carbocycles. The Morgan fingerprint density at radius 3 is 2.47 bits per heavy atom. The number of hydrogen-bond donors (Lipinski definition) is 2. The van der Waals surface area contributed by atoms with Crippen molar-refractivity contribution >= 4 is 5.97 Å². The molecule has 0 aromatic rings. The van der Waals surface area contributed by atoms with Gasteiger partial charge in [-0.1, -0.05) is 13.0 Å². The van der Waals surface area contributed by atoms with E-state index in [9.17, 15) is 28.2 Å². The molecule has 0 fully saturated rings. The number of ether oxygens (including phenoxy) is 1. The van der Waals surface area contributed by atoms with Crippen LogP contribution in [0, 0.1) is 0 Å². The van der Waals surface area contributed by atoms with Crippen LogP contribution in [0.25, 0.3) is 0 Å². The number of aliphatic hydroxyl groups excluding tert-OH is 1. The van der Waals surface area contributed by atoms with Crippen LogP contribution in [0.1, 0.15) is 26.7 Å². The molecule has 0 heterocycles. The number of alkyl halides is 3. The summed E-state index contributed by atoms with van der Waals surface area (Å²) in [6, 6.07) is 0.